The number of thiophene rings is 1. The third-order valence-electron chi connectivity index (χ3n) is 15.1. The van der Waals surface area contributed by atoms with Crippen LogP contribution in [0.1, 0.15) is 22.3 Å². The highest BCUT2D eigenvalue weighted by atomic mass is 32.1. The van der Waals surface area contributed by atoms with E-state index >= 15 is 0 Å². The molecule has 1 aromatic heterocycles. The molecule has 2 heterocycles. The Balaban J connectivity index is 1.04. The summed E-state index contributed by atoms with van der Waals surface area (Å²) in [6.45, 7) is 0. The minimum absolute atomic E-state index is 0.659. The molecule has 1 spiro atoms. The van der Waals surface area contributed by atoms with E-state index in [4.69, 9.17) is 4.74 Å². The Bertz CT molecular complexity index is 4110. The molecular formula is C67H41NOS. The van der Waals surface area contributed by atoms with Crippen LogP contribution in [-0.2, 0) is 5.41 Å². The van der Waals surface area contributed by atoms with Crippen molar-refractivity contribution in [1.29, 1.82) is 0 Å². The minimum Gasteiger partial charge on any atom is -0.456 e. The highest BCUT2D eigenvalue weighted by Gasteiger charge is 2.50. The van der Waals surface area contributed by atoms with Crippen LogP contribution in [0.5, 0.6) is 11.5 Å². The van der Waals surface area contributed by atoms with Crippen LogP contribution in [0.15, 0.2) is 249 Å². The molecule has 0 amide bonds. The van der Waals surface area contributed by atoms with Crippen molar-refractivity contribution in [2.75, 3.05) is 4.90 Å². The van der Waals surface area contributed by atoms with E-state index in [-0.39, 0.29) is 0 Å². The second-order valence-corrected chi connectivity index (χ2v) is 19.7. The molecule has 3 aliphatic rings. The molecule has 11 aromatic carbocycles. The Labute approximate surface area is 410 Å². The molecule has 2 nitrogen and oxygen atoms in total. The summed E-state index contributed by atoms with van der Waals surface area (Å²) in [6, 6.07) is 92.0. The van der Waals surface area contributed by atoms with Crippen molar-refractivity contribution >= 4 is 48.6 Å². The molecule has 326 valence electrons. The number of ether oxygens (including phenoxy) is 1. The average molecular weight is 908 g/mol. The van der Waals surface area contributed by atoms with Gasteiger partial charge in [-0.15, -0.1) is 11.3 Å². The summed E-state index contributed by atoms with van der Waals surface area (Å²) in [6.07, 6.45) is 0. The van der Waals surface area contributed by atoms with Gasteiger partial charge >= 0.3 is 0 Å². The Morgan fingerprint density at radius 3 is 1.57 bits per heavy atom. The summed E-state index contributed by atoms with van der Waals surface area (Å²) < 4.78 is 9.34. The summed E-state index contributed by atoms with van der Waals surface area (Å²) in [5, 5.41) is 2.63. The fourth-order valence-electron chi connectivity index (χ4n) is 12.2. The van der Waals surface area contributed by atoms with Gasteiger partial charge in [0.25, 0.3) is 0 Å². The Kier molecular flexibility index (Phi) is 8.48. The predicted octanol–water partition coefficient (Wildman–Crippen LogP) is 18.6. The molecule has 0 saturated carbocycles. The maximum Gasteiger partial charge on any atom is 0.135 e. The van der Waals surface area contributed by atoms with E-state index in [2.05, 4.69) is 254 Å². The number of fused-ring (bicyclic) bond motifs is 21. The number of benzene rings is 11. The summed E-state index contributed by atoms with van der Waals surface area (Å²) in [7, 11) is 0. The SMILES string of the molecule is c1ccc(-c2ccc(N(c3ccc4c(c3)-c3ccccc3Oc3ccccc3-4)c3ccc4c(c3)C3(c5ccccc5-c5ccccc5-4)c4ccccc4-c4c3ccc3c4sc4ccccc43)cc2)cc1. The van der Waals surface area contributed by atoms with Crippen molar-refractivity contribution in [2.45, 2.75) is 5.41 Å². The predicted molar refractivity (Wildman–Crippen MR) is 292 cm³/mol. The number of hydrogen-bond donors (Lipinski definition) is 0. The molecule has 1 atom stereocenters. The summed E-state index contributed by atoms with van der Waals surface area (Å²) in [5.41, 5.74) is 22.1. The molecule has 15 rings (SSSR count). The lowest BCUT2D eigenvalue weighted by atomic mass is 9.65. The summed E-state index contributed by atoms with van der Waals surface area (Å²) in [5.74, 6) is 1.71. The first-order valence-corrected chi connectivity index (χ1v) is 24.9. The molecule has 0 saturated heterocycles. The third kappa shape index (κ3) is 5.55. The van der Waals surface area contributed by atoms with Crippen molar-refractivity contribution in [3.63, 3.8) is 0 Å². The van der Waals surface area contributed by atoms with E-state index in [9.17, 15) is 0 Å². The largest absolute Gasteiger partial charge is 0.456 e. The topological polar surface area (TPSA) is 12.5 Å². The highest BCUT2D eigenvalue weighted by molar-refractivity contribution is 7.26. The number of rotatable bonds is 4. The van der Waals surface area contributed by atoms with Gasteiger partial charge in [-0.25, -0.2) is 0 Å². The first kappa shape index (κ1) is 39.3. The van der Waals surface area contributed by atoms with Crippen molar-refractivity contribution in [2.24, 2.45) is 0 Å². The van der Waals surface area contributed by atoms with Crippen LogP contribution < -0.4 is 9.64 Å². The molecule has 1 aliphatic heterocycles. The van der Waals surface area contributed by atoms with E-state index in [1.54, 1.807) is 0 Å². The molecular weight excluding hydrogens is 867 g/mol. The third-order valence-corrected chi connectivity index (χ3v) is 16.3. The average Bonchev–Trinajstić information content (AvgIpc) is 3.87. The quantitative estimate of drug-likeness (QED) is 0.174. The molecule has 0 N–H and O–H groups in total. The lowest BCUT2D eigenvalue weighted by molar-refractivity contribution is 0.488. The molecule has 70 heavy (non-hydrogen) atoms. The lowest BCUT2D eigenvalue weighted by Gasteiger charge is -2.36. The second kappa shape index (κ2) is 15.1. The zero-order valence-electron chi connectivity index (χ0n) is 37.9. The maximum atomic E-state index is 6.68. The number of anilines is 3. The fraction of sp³-hybridized carbons (Fsp3) is 0.0149. The van der Waals surface area contributed by atoms with Crippen LogP contribution in [-0.4, -0.2) is 0 Å². The number of hydrogen-bond acceptors (Lipinski definition) is 3. The number of nitrogens with zero attached hydrogens (tertiary/aromatic N) is 1. The van der Waals surface area contributed by atoms with Gasteiger partial charge in [0.2, 0.25) is 0 Å². The summed E-state index contributed by atoms with van der Waals surface area (Å²) >= 11 is 1.92. The molecule has 0 bridgehead atoms. The molecule has 12 aromatic rings. The highest BCUT2D eigenvalue weighted by Crippen LogP contribution is 2.64. The first-order valence-electron chi connectivity index (χ1n) is 24.1. The Hall–Kier alpha value is -8.76. The second-order valence-electron chi connectivity index (χ2n) is 18.7. The number of para-hydroxylation sites is 2. The van der Waals surface area contributed by atoms with E-state index in [1.165, 1.54) is 86.9 Å². The Morgan fingerprint density at radius 1 is 0.314 bits per heavy atom. The van der Waals surface area contributed by atoms with E-state index in [0.717, 1.165) is 50.8 Å². The van der Waals surface area contributed by atoms with Gasteiger partial charge < -0.3 is 9.64 Å². The molecule has 2 aliphatic carbocycles. The van der Waals surface area contributed by atoms with Gasteiger partial charge in [-0.05, 0) is 127 Å². The van der Waals surface area contributed by atoms with Crippen LogP contribution in [0.3, 0.4) is 0 Å². The van der Waals surface area contributed by atoms with Gasteiger partial charge in [0.05, 0.1) is 5.41 Å². The molecule has 0 fully saturated rings. The smallest absolute Gasteiger partial charge is 0.135 e. The van der Waals surface area contributed by atoms with Gasteiger partial charge in [0.15, 0.2) is 0 Å². The van der Waals surface area contributed by atoms with Crippen LogP contribution in [0.25, 0.3) is 86.9 Å². The summed E-state index contributed by atoms with van der Waals surface area (Å²) in [4.78, 5) is 2.46. The van der Waals surface area contributed by atoms with E-state index < -0.39 is 5.41 Å². The van der Waals surface area contributed by atoms with Gasteiger partial charge in [-0.2, -0.15) is 0 Å². The van der Waals surface area contributed by atoms with Gasteiger partial charge in [-0.3, -0.25) is 0 Å². The maximum absolute atomic E-state index is 6.68. The standard InChI is InChI=1S/C67H41NOS/c1-2-16-42(17-3-1)43-30-32-44(33-31-43)68(45-34-36-49-52-21-8-13-27-62(52)69-63-28-14-9-22-53(63)57(49)40-45)46-35-37-51-48-19-5-4-18-47(48)50-20-6-11-25-58(50)67(61(51)41-46)59-26-12-7-24-56(59)65-60(67)39-38-55-54-23-10-15-29-64(54)70-66(55)65/h1-41H. The fourth-order valence-corrected chi connectivity index (χ4v) is 13.4. The zero-order chi connectivity index (χ0) is 45.9. The van der Waals surface area contributed by atoms with Gasteiger partial charge in [0, 0.05) is 53.9 Å². The van der Waals surface area contributed by atoms with Crippen LogP contribution in [0.4, 0.5) is 17.1 Å². The van der Waals surface area contributed by atoms with Crippen molar-refractivity contribution in [3.8, 4) is 78.3 Å². The van der Waals surface area contributed by atoms with Crippen LogP contribution >= 0.6 is 11.3 Å². The minimum atomic E-state index is -0.659. The van der Waals surface area contributed by atoms with Crippen LogP contribution in [0, 0.1) is 0 Å². The van der Waals surface area contributed by atoms with Crippen molar-refractivity contribution in [1.82, 2.24) is 0 Å². The molecule has 0 radical (unpaired) electrons. The van der Waals surface area contributed by atoms with Crippen molar-refractivity contribution in [3.05, 3.63) is 271 Å². The lowest BCUT2D eigenvalue weighted by Crippen LogP contribution is -2.29. The van der Waals surface area contributed by atoms with Gasteiger partial charge in [0.1, 0.15) is 11.5 Å². The normalized spacial score (nSPS) is 14.5. The van der Waals surface area contributed by atoms with Crippen LogP contribution in [0.2, 0.25) is 0 Å². The van der Waals surface area contributed by atoms with E-state index in [1.807, 2.05) is 11.3 Å². The van der Waals surface area contributed by atoms with Gasteiger partial charge in [-0.1, -0.05) is 194 Å². The Morgan fingerprint density at radius 2 is 0.829 bits per heavy atom. The monoisotopic (exact) mass is 907 g/mol. The molecule has 1 unspecified atom stereocenters. The van der Waals surface area contributed by atoms with E-state index in [0.29, 0.717) is 0 Å². The zero-order valence-corrected chi connectivity index (χ0v) is 38.8. The van der Waals surface area contributed by atoms with Crippen molar-refractivity contribution < 1.29 is 4.74 Å². The molecule has 3 heteroatoms. The first-order chi connectivity index (χ1) is 34.7.